The third-order valence-electron chi connectivity index (χ3n) is 2.61. The summed E-state index contributed by atoms with van der Waals surface area (Å²) in [6.45, 7) is 4.21. The largest absolute Gasteiger partial charge is 0.269 e. The summed E-state index contributed by atoms with van der Waals surface area (Å²) in [5.74, 6) is 0.216. The minimum Gasteiger partial charge on any atom is -0.269 e. The number of aromatic nitrogens is 3. The Kier molecular flexibility index (Phi) is 3.77. The number of hydrogen-bond acceptors (Lipinski definition) is 4. The van der Waals surface area contributed by atoms with E-state index in [0.29, 0.717) is 17.3 Å². The van der Waals surface area contributed by atoms with Crippen molar-refractivity contribution in [1.82, 2.24) is 14.8 Å². The van der Waals surface area contributed by atoms with Gasteiger partial charge in [0, 0.05) is 12.7 Å². The van der Waals surface area contributed by atoms with Gasteiger partial charge in [0.05, 0.1) is 16.9 Å². The molecule has 2 rings (SSSR count). The lowest BCUT2D eigenvalue weighted by Gasteiger charge is -2.07. The van der Waals surface area contributed by atoms with Crippen molar-refractivity contribution < 1.29 is 8.42 Å². The molecule has 2 heterocycles. The van der Waals surface area contributed by atoms with Crippen LogP contribution >= 0.6 is 11.6 Å². The van der Waals surface area contributed by atoms with Crippen LogP contribution in [0.3, 0.4) is 0 Å². The predicted octanol–water partition coefficient (Wildman–Crippen LogP) is 2.06. The SMILES string of the molecule is CCn1ncc(S(=O)(=O)Nc2ccc(Cl)cn2)c1C. The van der Waals surface area contributed by atoms with Crippen LogP contribution in [0, 0.1) is 6.92 Å². The van der Waals surface area contributed by atoms with Crippen LogP contribution in [0.5, 0.6) is 0 Å². The van der Waals surface area contributed by atoms with Gasteiger partial charge in [-0.05, 0) is 26.0 Å². The molecule has 0 saturated heterocycles. The molecular weight excluding hydrogens is 288 g/mol. The Balaban J connectivity index is 2.32. The molecule has 0 radical (unpaired) electrons. The highest BCUT2D eigenvalue weighted by Gasteiger charge is 2.20. The van der Waals surface area contributed by atoms with E-state index in [4.69, 9.17) is 11.6 Å². The second-order valence-corrected chi connectivity index (χ2v) is 5.96. The zero-order valence-corrected chi connectivity index (χ0v) is 12.0. The molecule has 0 bridgehead atoms. The first-order chi connectivity index (χ1) is 8.94. The Bertz CT molecular complexity index is 679. The van der Waals surface area contributed by atoms with Gasteiger partial charge in [0.25, 0.3) is 10.0 Å². The molecule has 2 aromatic heterocycles. The van der Waals surface area contributed by atoms with Crippen LogP contribution < -0.4 is 4.72 Å². The number of aryl methyl sites for hydroxylation is 1. The summed E-state index contributed by atoms with van der Waals surface area (Å²) in [6, 6.07) is 3.06. The Morgan fingerprint density at radius 1 is 1.37 bits per heavy atom. The molecule has 6 nitrogen and oxygen atoms in total. The Hall–Kier alpha value is -1.60. The van der Waals surface area contributed by atoms with E-state index in [0.717, 1.165) is 0 Å². The van der Waals surface area contributed by atoms with Crippen LogP contribution in [-0.2, 0) is 16.6 Å². The Labute approximate surface area is 116 Å². The lowest BCUT2D eigenvalue weighted by Crippen LogP contribution is -2.14. The predicted molar refractivity (Wildman–Crippen MR) is 72.7 cm³/mol. The highest BCUT2D eigenvalue weighted by molar-refractivity contribution is 7.92. The maximum Gasteiger partial charge on any atom is 0.266 e. The van der Waals surface area contributed by atoms with Crippen LogP contribution in [0.25, 0.3) is 0 Å². The second kappa shape index (κ2) is 5.18. The van der Waals surface area contributed by atoms with E-state index in [9.17, 15) is 8.42 Å². The number of halogens is 1. The maximum absolute atomic E-state index is 12.2. The molecule has 0 amide bonds. The van der Waals surface area contributed by atoms with Crippen molar-refractivity contribution in [3.05, 3.63) is 35.2 Å². The lowest BCUT2D eigenvalue weighted by atomic mass is 10.5. The number of nitrogens with one attached hydrogen (secondary N) is 1. The van der Waals surface area contributed by atoms with Crippen LogP contribution in [0.15, 0.2) is 29.4 Å². The second-order valence-electron chi connectivity index (χ2n) is 3.88. The van der Waals surface area contributed by atoms with E-state index in [1.807, 2.05) is 6.92 Å². The molecule has 102 valence electrons. The fourth-order valence-corrected chi connectivity index (χ4v) is 2.94. The minimum atomic E-state index is -3.69. The Morgan fingerprint density at radius 3 is 2.63 bits per heavy atom. The molecule has 0 aliphatic rings. The van der Waals surface area contributed by atoms with Gasteiger partial charge in [-0.15, -0.1) is 0 Å². The fourth-order valence-electron chi connectivity index (χ4n) is 1.64. The molecule has 0 unspecified atom stereocenters. The average Bonchev–Trinajstić information content (AvgIpc) is 2.74. The van der Waals surface area contributed by atoms with Crippen molar-refractivity contribution in [2.45, 2.75) is 25.3 Å². The zero-order chi connectivity index (χ0) is 14.0. The third-order valence-corrected chi connectivity index (χ3v) is 4.29. The van der Waals surface area contributed by atoms with Gasteiger partial charge in [-0.1, -0.05) is 11.6 Å². The topological polar surface area (TPSA) is 76.9 Å². The standard InChI is InChI=1S/C11H13ClN4O2S/c1-3-16-8(2)10(7-14-16)19(17,18)15-11-5-4-9(12)6-13-11/h4-7H,3H2,1-2H3,(H,13,15). The van der Waals surface area contributed by atoms with Crippen molar-refractivity contribution >= 4 is 27.4 Å². The molecule has 0 aromatic carbocycles. The first kappa shape index (κ1) is 13.8. The summed E-state index contributed by atoms with van der Waals surface area (Å²) < 4.78 is 28.4. The van der Waals surface area contributed by atoms with E-state index < -0.39 is 10.0 Å². The number of hydrogen-bond donors (Lipinski definition) is 1. The number of sulfonamides is 1. The Morgan fingerprint density at radius 2 is 2.11 bits per heavy atom. The van der Waals surface area contributed by atoms with Gasteiger partial charge in [0.15, 0.2) is 0 Å². The fraction of sp³-hybridized carbons (Fsp3) is 0.273. The molecule has 0 aliphatic heterocycles. The van der Waals surface area contributed by atoms with Gasteiger partial charge in [0.1, 0.15) is 10.7 Å². The summed E-state index contributed by atoms with van der Waals surface area (Å²) >= 11 is 5.69. The van der Waals surface area contributed by atoms with Gasteiger partial charge in [-0.2, -0.15) is 5.10 Å². The van der Waals surface area contributed by atoms with E-state index in [1.165, 1.54) is 18.5 Å². The van der Waals surface area contributed by atoms with Gasteiger partial charge < -0.3 is 0 Å². The normalized spacial score (nSPS) is 11.5. The van der Waals surface area contributed by atoms with Gasteiger partial charge in [-0.3, -0.25) is 9.40 Å². The summed E-state index contributed by atoms with van der Waals surface area (Å²) in [6.07, 6.45) is 2.71. The molecule has 0 aliphatic carbocycles. The highest BCUT2D eigenvalue weighted by Crippen LogP contribution is 2.18. The smallest absolute Gasteiger partial charge is 0.266 e. The highest BCUT2D eigenvalue weighted by atomic mass is 35.5. The summed E-state index contributed by atoms with van der Waals surface area (Å²) in [4.78, 5) is 4.04. The molecule has 0 atom stereocenters. The number of nitrogens with zero attached hydrogens (tertiary/aromatic N) is 3. The molecule has 8 heteroatoms. The average molecular weight is 301 g/mol. The van der Waals surface area contributed by atoms with Crippen molar-refractivity contribution in [3.63, 3.8) is 0 Å². The maximum atomic E-state index is 12.2. The summed E-state index contributed by atoms with van der Waals surface area (Å²) in [5, 5.41) is 4.45. The van der Waals surface area contributed by atoms with Gasteiger partial charge >= 0.3 is 0 Å². The number of rotatable bonds is 4. The molecule has 0 fully saturated rings. The quantitative estimate of drug-likeness (QED) is 0.937. The van der Waals surface area contributed by atoms with Crippen molar-refractivity contribution in [1.29, 1.82) is 0 Å². The van der Waals surface area contributed by atoms with Crippen molar-refractivity contribution in [3.8, 4) is 0 Å². The van der Waals surface area contributed by atoms with Crippen molar-refractivity contribution in [2.75, 3.05) is 4.72 Å². The molecule has 2 aromatic rings. The molecule has 19 heavy (non-hydrogen) atoms. The zero-order valence-electron chi connectivity index (χ0n) is 10.5. The summed E-state index contributed by atoms with van der Waals surface area (Å²) in [7, 11) is -3.69. The van der Waals surface area contributed by atoms with Crippen LogP contribution in [0.2, 0.25) is 5.02 Å². The van der Waals surface area contributed by atoms with Gasteiger partial charge in [-0.25, -0.2) is 13.4 Å². The third kappa shape index (κ3) is 2.87. The summed E-state index contributed by atoms with van der Waals surface area (Å²) in [5.41, 5.74) is 0.587. The first-order valence-corrected chi connectivity index (χ1v) is 7.47. The van der Waals surface area contributed by atoms with E-state index in [2.05, 4.69) is 14.8 Å². The van der Waals surface area contributed by atoms with E-state index in [-0.39, 0.29) is 10.7 Å². The number of pyridine rings is 1. The monoisotopic (exact) mass is 300 g/mol. The first-order valence-electron chi connectivity index (χ1n) is 5.61. The van der Waals surface area contributed by atoms with E-state index >= 15 is 0 Å². The molecule has 1 N–H and O–H groups in total. The van der Waals surface area contributed by atoms with E-state index in [1.54, 1.807) is 17.7 Å². The van der Waals surface area contributed by atoms with Gasteiger partial charge in [0.2, 0.25) is 0 Å². The molecule has 0 saturated carbocycles. The van der Waals surface area contributed by atoms with Crippen LogP contribution in [0.1, 0.15) is 12.6 Å². The lowest BCUT2D eigenvalue weighted by molar-refractivity contribution is 0.598. The van der Waals surface area contributed by atoms with Crippen LogP contribution in [0.4, 0.5) is 5.82 Å². The molecule has 0 spiro atoms. The van der Waals surface area contributed by atoms with Crippen molar-refractivity contribution in [2.24, 2.45) is 0 Å². The van der Waals surface area contributed by atoms with Crippen LogP contribution in [-0.4, -0.2) is 23.2 Å². The molecular formula is C11H13ClN4O2S. The number of anilines is 1. The minimum absolute atomic E-state index is 0.145.